The molecule has 33 heavy (non-hydrogen) atoms. The molecule has 0 unspecified atom stereocenters. The number of allylic oxidation sites excluding steroid dienone is 2. The number of benzene rings is 2. The van der Waals surface area contributed by atoms with Crippen LogP contribution in [0.15, 0.2) is 54.6 Å². The quantitative estimate of drug-likeness (QED) is 0.322. The van der Waals surface area contributed by atoms with Gasteiger partial charge in [0.15, 0.2) is 5.78 Å². The first-order valence-electron chi connectivity index (χ1n) is 10.3. The van der Waals surface area contributed by atoms with Crippen molar-refractivity contribution in [3.8, 4) is 0 Å². The zero-order valence-corrected chi connectivity index (χ0v) is 19.8. The van der Waals surface area contributed by atoms with E-state index in [0.717, 1.165) is 10.0 Å². The lowest BCUT2D eigenvalue weighted by atomic mass is 9.78. The van der Waals surface area contributed by atoms with E-state index in [1.165, 1.54) is 30.3 Å². The molecular formula is C24H19Cl3N2O4. The number of Topliss-reactive ketones (excluding diaryl/α,β-unsaturated/α-hetero) is 1. The first-order chi connectivity index (χ1) is 15.7. The second kappa shape index (κ2) is 9.29. The Morgan fingerprint density at radius 2 is 1.67 bits per heavy atom. The van der Waals surface area contributed by atoms with E-state index in [4.69, 9.17) is 34.8 Å². The van der Waals surface area contributed by atoms with Crippen molar-refractivity contribution in [3.63, 3.8) is 0 Å². The van der Waals surface area contributed by atoms with Gasteiger partial charge in [-0.15, -0.1) is 0 Å². The largest absolute Gasteiger partial charge is 0.292 e. The molecule has 1 heterocycles. The number of rotatable bonds is 5. The molecule has 2 aromatic rings. The van der Waals surface area contributed by atoms with E-state index in [9.17, 15) is 19.2 Å². The summed E-state index contributed by atoms with van der Waals surface area (Å²) in [5.74, 6) is -3.59. The van der Waals surface area contributed by atoms with E-state index in [0.29, 0.717) is 16.5 Å². The van der Waals surface area contributed by atoms with E-state index in [1.807, 2.05) is 19.1 Å². The van der Waals surface area contributed by atoms with Gasteiger partial charge in [0.2, 0.25) is 0 Å². The van der Waals surface area contributed by atoms with Gasteiger partial charge in [-0.25, -0.2) is 5.01 Å². The van der Waals surface area contributed by atoms with Gasteiger partial charge in [-0.1, -0.05) is 53.9 Å². The van der Waals surface area contributed by atoms with Crippen LogP contribution in [-0.4, -0.2) is 40.1 Å². The maximum atomic E-state index is 13.5. The van der Waals surface area contributed by atoms with Crippen LogP contribution in [0.25, 0.3) is 0 Å². The number of fused-ring (bicyclic) bond motifs is 1. The Hall–Kier alpha value is -2.67. The zero-order valence-electron chi connectivity index (χ0n) is 17.5. The molecule has 0 N–H and O–H groups in total. The SMILES string of the molecule is C[C@@H]1C=CC[C@@H]2C(=O)N(N(CC(=O)c3ccc(Cl)cc3)C(=O)c3ccc(Cl)cc3Cl)C(=O)[C@H]12. The number of hydrazine groups is 1. The molecule has 1 aliphatic carbocycles. The number of imide groups is 1. The molecular weight excluding hydrogens is 487 g/mol. The number of nitrogens with zero attached hydrogens (tertiary/aromatic N) is 2. The van der Waals surface area contributed by atoms with Crippen molar-refractivity contribution in [1.82, 2.24) is 10.0 Å². The molecule has 0 bridgehead atoms. The normalized spacial score (nSPS) is 21.8. The number of hydrogen-bond donors (Lipinski definition) is 0. The number of halogens is 3. The van der Waals surface area contributed by atoms with Crippen LogP contribution < -0.4 is 0 Å². The average Bonchev–Trinajstić information content (AvgIpc) is 3.03. The van der Waals surface area contributed by atoms with Gasteiger partial charge in [0.05, 0.1) is 22.4 Å². The summed E-state index contributed by atoms with van der Waals surface area (Å²) < 4.78 is 0. The Bertz CT molecular complexity index is 1180. The second-order valence-corrected chi connectivity index (χ2v) is 9.34. The molecule has 1 fully saturated rings. The minimum absolute atomic E-state index is 0.0200. The van der Waals surface area contributed by atoms with Crippen molar-refractivity contribution >= 4 is 58.3 Å². The summed E-state index contributed by atoms with van der Waals surface area (Å²) >= 11 is 18.1. The van der Waals surface area contributed by atoms with Gasteiger partial charge in [-0.05, 0) is 54.8 Å². The number of ketones is 1. The maximum absolute atomic E-state index is 13.5. The van der Waals surface area contributed by atoms with Crippen molar-refractivity contribution in [3.05, 3.63) is 80.8 Å². The molecule has 0 aromatic heterocycles. The lowest BCUT2D eigenvalue weighted by Gasteiger charge is -2.30. The minimum Gasteiger partial charge on any atom is -0.292 e. The molecule has 9 heteroatoms. The molecule has 0 spiro atoms. The van der Waals surface area contributed by atoms with Crippen molar-refractivity contribution in [2.24, 2.45) is 17.8 Å². The van der Waals surface area contributed by atoms with Gasteiger partial charge < -0.3 is 0 Å². The summed E-state index contributed by atoms with van der Waals surface area (Å²) in [5, 5.41) is 2.52. The minimum atomic E-state index is -0.750. The standard InChI is InChI=1S/C24H19Cl3N2O4/c1-13-3-2-4-18-21(13)24(33)29(23(18)32)28(12-20(30)14-5-7-15(25)8-6-14)22(31)17-10-9-16(26)11-19(17)27/h2-3,5-11,13,18,21H,4,12H2,1H3/t13-,18+,21-/m1/s1. The van der Waals surface area contributed by atoms with E-state index < -0.39 is 41.9 Å². The van der Waals surface area contributed by atoms with Gasteiger partial charge in [0, 0.05) is 15.6 Å². The highest BCUT2D eigenvalue weighted by Gasteiger charge is 2.53. The smallest absolute Gasteiger partial charge is 0.274 e. The third-order valence-electron chi connectivity index (χ3n) is 5.95. The Morgan fingerprint density at radius 3 is 2.30 bits per heavy atom. The van der Waals surface area contributed by atoms with E-state index in [-0.39, 0.29) is 22.1 Å². The topological polar surface area (TPSA) is 74.8 Å². The molecule has 0 radical (unpaired) electrons. The van der Waals surface area contributed by atoms with Crippen LogP contribution >= 0.6 is 34.8 Å². The third-order valence-corrected chi connectivity index (χ3v) is 6.75. The summed E-state index contributed by atoms with van der Waals surface area (Å²) in [6.07, 6.45) is 4.14. The summed E-state index contributed by atoms with van der Waals surface area (Å²) in [7, 11) is 0. The van der Waals surface area contributed by atoms with Crippen LogP contribution in [0.1, 0.15) is 34.1 Å². The van der Waals surface area contributed by atoms with Crippen molar-refractivity contribution < 1.29 is 19.2 Å². The average molecular weight is 506 g/mol. The van der Waals surface area contributed by atoms with E-state index >= 15 is 0 Å². The second-order valence-electron chi connectivity index (χ2n) is 8.06. The van der Waals surface area contributed by atoms with Crippen LogP contribution in [0, 0.1) is 17.8 Å². The van der Waals surface area contributed by atoms with Crippen LogP contribution in [0.4, 0.5) is 0 Å². The number of carbonyl (C=O) groups is 4. The highest BCUT2D eigenvalue weighted by Crippen LogP contribution is 2.39. The highest BCUT2D eigenvalue weighted by molar-refractivity contribution is 6.36. The van der Waals surface area contributed by atoms with Gasteiger partial charge in [0.25, 0.3) is 17.7 Å². The van der Waals surface area contributed by atoms with Crippen LogP contribution in [0.2, 0.25) is 15.1 Å². The third kappa shape index (κ3) is 4.43. The molecule has 6 nitrogen and oxygen atoms in total. The van der Waals surface area contributed by atoms with Crippen LogP contribution in [0.3, 0.4) is 0 Å². The monoisotopic (exact) mass is 504 g/mol. The first kappa shape index (κ1) is 23.5. The molecule has 1 aliphatic heterocycles. The molecule has 3 atom stereocenters. The summed E-state index contributed by atoms with van der Waals surface area (Å²) in [6, 6.07) is 10.4. The molecule has 3 amide bonds. The lowest BCUT2D eigenvalue weighted by molar-refractivity contribution is -0.154. The first-order valence-corrected chi connectivity index (χ1v) is 11.4. The van der Waals surface area contributed by atoms with Crippen LogP contribution in [-0.2, 0) is 9.59 Å². The van der Waals surface area contributed by atoms with E-state index in [1.54, 1.807) is 12.1 Å². The highest BCUT2D eigenvalue weighted by atomic mass is 35.5. The summed E-state index contributed by atoms with van der Waals surface area (Å²) in [4.78, 5) is 53.2. The van der Waals surface area contributed by atoms with Crippen molar-refractivity contribution in [2.75, 3.05) is 6.54 Å². The maximum Gasteiger partial charge on any atom is 0.274 e. The van der Waals surface area contributed by atoms with Crippen molar-refractivity contribution in [2.45, 2.75) is 13.3 Å². The summed E-state index contributed by atoms with van der Waals surface area (Å²) in [6.45, 7) is 1.32. The van der Waals surface area contributed by atoms with Gasteiger partial charge in [-0.3, -0.25) is 19.2 Å². The molecule has 0 saturated carbocycles. The number of amides is 3. The fourth-order valence-corrected chi connectivity index (χ4v) is 4.88. The van der Waals surface area contributed by atoms with E-state index in [2.05, 4.69) is 0 Å². The van der Waals surface area contributed by atoms with Crippen molar-refractivity contribution in [1.29, 1.82) is 0 Å². The lowest BCUT2D eigenvalue weighted by Crippen LogP contribution is -2.52. The Labute approximate surface area is 205 Å². The predicted octanol–water partition coefficient (Wildman–Crippen LogP) is 5.08. The number of hydrogen-bond acceptors (Lipinski definition) is 4. The van der Waals surface area contributed by atoms with Crippen LogP contribution in [0.5, 0.6) is 0 Å². The fraction of sp³-hybridized carbons (Fsp3) is 0.250. The Balaban J connectivity index is 1.73. The predicted molar refractivity (Wildman–Crippen MR) is 125 cm³/mol. The zero-order chi connectivity index (χ0) is 23.9. The Morgan fingerprint density at radius 1 is 1.00 bits per heavy atom. The molecule has 2 aliphatic rings. The molecule has 1 saturated heterocycles. The Kier molecular flexibility index (Phi) is 6.61. The van der Waals surface area contributed by atoms with Gasteiger partial charge in [-0.2, -0.15) is 5.01 Å². The summed E-state index contributed by atoms with van der Waals surface area (Å²) in [5.41, 5.74) is 0.303. The van der Waals surface area contributed by atoms with Gasteiger partial charge in [0.1, 0.15) is 6.54 Å². The molecule has 2 aromatic carbocycles. The number of carbonyl (C=O) groups excluding carboxylic acids is 4. The van der Waals surface area contributed by atoms with Gasteiger partial charge >= 0.3 is 0 Å². The fourth-order valence-electron chi connectivity index (χ4n) is 4.27. The molecule has 4 rings (SSSR count). The molecule has 170 valence electrons.